The summed E-state index contributed by atoms with van der Waals surface area (Å²) >= 11 is 1.41. The maximum Gasteiger partial charge on any atom is 0.335 e. The number of hydrogen-bond donors (Lipinski definition) is 1. The van der Waals surface area contributed by atoms with Crippen LogP contribution in [0.15, 0.2) is 47.4 Å². The van der Waals surface area contributed by atoms with E-state index in [-0.39, 0.29) is 23.3 Å². The molecule has 0 aromatic heterocycles. The molecule has 0 saturated carbocycles. The van der Waals surface area contributed by atoms with Crippen LogP contribution in [0.1, 0.15) is 49.5 Å². The summed E-state index contributed by atoms with van der Waals surface area (Å²) in [6, 6.07) is 12.5. The third-order valence-electron chi connectivity index (χ3n) is 5.11. The number of rotatable bonds is 8. The number of aryl methyl sites for hydroxylation is 1. The SMILES string of the molecule is COc1ccc(CCC[C@H]2Sc3ccc(C(=O)O)cc3N(CC(=O)OC(C)(C)C)C2=O)cc1. The van der Waals surface area contributed by atoms with Crippen LogP contribution in [0.25, 0.3) is 0 Å². The molecule has 1 aliphatic rings. The first kappa shape index (κ1) is 24.6. The summed E-state index contributed by atoms with van der Waals surface area (Å²) in [4.78, 5) is 39.4. The molecule has 176 valence electrons. The number of benzene rings is 2. The standard InChI is InChI=1S/C25H29NO6S/c1-25(2,3)32-22(27)15-26-19-14-17(24(29)30)10-13-20(19)33-21(23(26)28)7-5-6-16-8-11-18(31-4)12-9-16/h8-14,21H,5-7,15H2,1-4H3,(H,29,30)/t21-/m1/s1. The van der Waals surface area contributed by atoms with Gasteiger partial charge in [0.05, 0.1) is 23.6 Å². The van der Waals surface area contributed by atoms with Gasteiger partial charge in [-0.3, -0.25) is 14.5 Å². The lowest BCUT2D eigenvalue weighted by Crippen LogP contribution is -2.45. The minimum absolute atomic E-state index is 0.0642. The van der Waals surface area contributed by atoms with Crippen LogP contribution in [0, 0.1) is 0 Å². The molecule has 0 unspecified atom stereocenters. The van der Waals surface area contributed by atoms with Gasteiger partial charge in [0, 0.05) is 4.90 Å². The van der Waals surface area contributed by atoms with Crippen molar-refractivity contribution in [3.8, 4) is 5.75 Å². The van der Waals surface area contributed by atoms with Crippen molar-refractivity contribution in [2.75, 3.05) is 18.6 Å². The summed E-state index contributed by atoms with van der Waals surface area (Å²) in [6.45, 7) is 5.02. The maximum absolute atomic E-state index is 13.3. The third-order valence-corrected chi connectivity index (χ3v) is 6.43. The molecule has 1 atom stereocenters. The zero-order chi connectivity index (χ0) is 24.2. The highest BCUT2D eigenvalue weighted by Gasteiger charge is 2.35. The molecule has 0 fully saturated rings. The lowest BCUT2D eigenvalue weighted by Gasteiger charge is -2.34. The zero-order valence-electron chi connectivity index (χ0n) is 19.3. The van der Waals surface area contributed by atoms with E-state index in [1.165, 1.54) is 28.8 Å². The van der Waals surface area contributed by atoms with E-state index >= 15 is 0 Å². The van der Waals surface area contributed by atoms with E-state index in [1.54, 1.807) is 33.9 Å². The molecular weight excluding hydrogens is 442 g/mol. The molecule has 2 aromatic rings. The van der Waals surface area contributed by atoms with Crippen molar-refractivity contribution in [2.24, 2.45) is 0 Å². The van der Waals surface area contributed by atoms with Crippen LogP contribution in [-0.4, -0.2) is 47.5 Å². The summed E-state index contributed by atoms with van der Waals surface area (Å²) < 4.78 is 10.6. The Labute approximate surface area is 198 Å². The minimum Gasteiger partial charge on any atom is -0.497 e. The van der Waals surface area contributed by atoms with Crippen LogP contribution in [0.2, 0.25) is 0 Å². The van der Waals surface area contributed by atoms with Crippen LogP contribution in [0.3, 0.4) is 0 Å². The van der Waals surface area contributed by atoms with Crippen molar-refractivity contribution < 1.29 is 29.0 Å². The van der Waals surface area contributed by atoms with Gasteiger partial charge < -0.3 is 14.6 Å². The van der Waals surface area contributed by atoms with Crippen LogP contribution in [0.5, 0.6) is 5.75 Å². The average Bonchev–Trinajstić information content (AvgIpc) is 2.75. The van der Waals surface area contributed by atoms with E-state index < -0.39 is 17.5 Å². The molecule has 0 spiro atoms. The Hall–Kier alpha value is -3.00. The van der Waals surface area contributed by atoms with Crippen LogP contribution in [-0.2, 0) is 20.7 Å². The van der Waals surface area contributed by atoms with Crippen molar-refractivity contribution >= 4 is 35.3 Å². The number of hydrogen-bond acceptors (Lipinski definition) is 6. The summed E-state index contributed by atoms with van der Waals surface area (Å²) in [5.41, 5.74) is 0.964. The summed E-state index contributed by atoms with van der Waals surface area (Å²) in [7, 11) is 1.63. The number of nitrogens with zero attached hydrogens (tertiary/aromatic N) is 1. The molecular formula is C25H29NO6S. The Balaban J connectivity index is 1.76. The highest BCUT2D eigenvalue weighted by Crippen LogP contribution is 2.41. The molecule has 0 aliphatic carbocycles. The van der Waals surface area contributed by atoms with Crippen molar-refractivity contribution in [3.05, 3.63) is 53.6 Å². The van der Waals surface area contributed by atoms with Gasteiger partial charge in [0.1, 0.15) is 17.9 Å². The minimum atomic E-state index is -1.09. The van der Waals surface area contributed by atoms with Crippen molar-refractivity contribution in [2.45, 2.75) is 55.8 Å². The van der Waals surface area contributed by atoms with E-state index in [2.05, 4.69) is 0 Å². The zero-order valence-corrected chi connectivity index (χ0v) is 20.1. The summed E-state index contributed by atoms with van der Waals surface area (Å²) in [5, 5.41) is 9.01. The van der Waals surface area contributed by atoms with Gasteiger partial charge in [-0.1, -0.05) is 12.1 Å². The second-order valence-corrected chi connectivity index (χ2v) is 10.1. The fourth-order valence-corrected chi connectivity index (χ4v) is 4.84. The predicted molar refractivity (Wildman–Crippen MR) is 127 cm³/mol. The van der Waals surface area contributed by atoms with Crippen molar-refractivity contribution in [1.29, 1.82) is 0 Å². The molecule has 0 bridgehead atoms. The molecule has 1 N–H and O–H groups in total. The Morgan fingerprint density at radius 1 is 1.12 bits per heavy atom. The number of fused-ring (bicyclic) bond motifs is 1. The first-order valence-electron chi connectivity index (χ1n) is 10.8. The van der Waals surface area contributed by atoms with E-state index in [1.807, 2.05) is 24.3 Å². The molecule has 0 saturated heterocycles. The highest BCUT2D eigenvalue weighted by molar-refractivity contribution is 8.01. The van der Waals surface area contributed by atoms with Crippen LogP contribution < -0.4 is 9.64 Å². The highest BCUT2D eigenvalue weighted by atomic mass is 32.2. The predicted octanol–water partition coefficient (Wildman–Crippen LogP) is 4.57. The lowest BCUT2D eigenvalue weighted by molar-refractivity contribution is -0.153. The second-order valence-electron chi connectivity index (χ2n) is 8.85. The first-order valence-corrected chi connectivity index (χ1v) is 11.7. The smallest absolute Gasteiger partial charge is 0.335 e. The Morgan fingerprint density at radius 2 is 1.82 bits per heavy atom. The van der Waals surface area contributed by atoms with Gasteiger partial charge in [-0.25, -0.2) is 4.79 Å². The molecule has 1 aliphatic heterocycles. The number of esters is 1. The Morgan fingerprint density at radius 3 is 2.42 bits per heavy atom. The number of carbonyl (C=O) groups is 3. The number of thioether (sulfide) groups is 1. The Kier molecular flexibility index (Phi) is 7.68. The average molecular weight is 472 g/mol. The third kappa shape index (κ3) is 6.51. The Bertz CT molecular complexity index is 1030. The van der Waals surface area contributed by atoms with Gasteiger partial charge in [0.15, 0.2) is 0 Å². The van der Waals surface area contributed by atoms with Gasteiger partial charge >= 0.3 is 11.9 Å². The normalized spacial score (nSPS) is 15.7. The van der Waals surface area contributed by atoms with Crippen LogP contribution in [0.4, 0.5) is 5.69 Å². The number of carbonyl (C=O) groups excluding carboxylic acids is 2. The van der Waals surface area contributed by atoms with E-state index in [0.29, 0.717) is 12.1 Å². The number of methoxy groups -OCH3 is 1. The molecule has 33 heavy (non-hydrogen) atoms. The van der Waals surface area contributed by atoms with Gasteiger partial charge in [0.2, 0.25) is 5.91 Å². The van der Waals surface area contributed by atoms with Crippen molar-refractivity contribution in [1.82, 2.24) is 0 Å². The second kappa shape index (κ2) is 10.3. The topological polar surface area (TPSA) is 93.1 Å². The number of ether oxygens (including phenoxy) is 2. The monoisotopic (exact) mass is 471 g/mol. The number of carboxylic acids is 1. The molecule has 2 aromatic carbocycles. The number of aromatic carboxylic acids is 1. The first-order chi connectivity index (χ1) is 15.6. The fourth-order valence-electron chi connectivity index (χ4n) is 3.59. The van der Waals surface area contributed by atoms with Crippen LogP contribution >= 0.6 is 11.8 Å². The van der Waals surface area contributed by atoms with E-state index in [4.69, 9.17) is 9.47 Å². The largest absolute Gasteiger partial charge is 0.497 e. The quantitative estimate of drug-likeness (QED) is 0.564. The molecule has 3 rings (SSSR count). The lowest BCUT2D eigenvalue weighted by atomic mass is 10.1. The summed E-state index contributed by atoms with van der Waals surface area (Å²) in [6.07, 6.45) is 2.23. The van der Waals surface area contributed by atoms with Gasteiger partial charge in [-0.05, 0) is 75.9 Å². The van der Waals surface area contributed by atoms with Gasteiger partial charge in [-0.2, -0.15) is 0 Å². The van der Waals surface area contributed by atoms with Gasteiger partial charge in [0.25, 0.3) is 0 Å². The van der Waals surface area contributed by atoms with Crippen molar-refractivity contribution in [3.63, 3.8) is 0 Å². The fraction of sp³-hybridized carbons (Fsp3) is 0.400. The number of amides is 1. The maximum atomic E-state index is 13.3. The van der Waals surface area contributed by atoms with Gasteiger partial charge in [-0.15, -0.1) is 11.8 Å². The molecule has 1 heterocycles. The van der Waals surface area contributed by atoms with E-state index in [0.717, 1.165) is 29.1 Å². The number of carboxylic acid groups (broad SMARTS) is 1. The summed E-state index contributed by atoms with van der Waals surface area (Å²) in [5.74, 6) is -1.04. The molecule has 8 heteroatoms. The number of anilines is 1. The molecule has 0 radical (unpaired) electrons. The molecule has 7 nitrogen and oxygen atoms in total. The molecule has 1 amide bonds. The van der Waals surface area contributed by atoms with E-state index in [9.17, 15) is 19.5 Å².